The van der Waals surface area contributed by atoms with Crippen molar-refractivity contribution in [1.29, 1.82) is 0 Å². The van der Waals surface area contributed by atoms with E-state index in [2.05, 4.69) is 25.3 Å². The molecule has 1 aliphatic heterocycles. The predicted molar refractivity (Wildman–Crippen MR) is 124 cm³/mol. The Morgan fingerprint density at radius 2 is 1.09 bits per heavy atom. The number of carbonyl (C=O) groups excluding carboxylic acids is 4. The first-order valence-electron chi connectivity index (χ1n) is 10.7. The maximum absolute atomic E-state index is 12.6. The van der Waals surface area contributed by atoms with Crippen LogP contribution in [-0.4, -0.2) is 150 Å². The number of rotatable bonds is 10. The van der Waals surface area contributed by atoms with Crippen molar-refractivity contribution >= 4 is 51.8 Å². The molecule has 0 aromatic heterocycles. The molecule has 0 bridgehead atoms. The van der Waals surface area contributed by atoms with Gasteiger partial charge in [0.2, 0.25) is 18.7 Å². The zero-order chi connectivity index (χ0) is 23.3. The molecular weight excluding hydrogens is 605 g/mol. The van der Waals surface area contributed by atoms with Crippen LogP contribution < -0.4 is 16.4 Å². The SMILES string of the molecule is CC(C)(C)C(=O)CN1CCN(CNC=O)CCN(CNC=O)CCN(CC(N)=O)CC1.[203Pb]. The summed E-state index contributed by atoms with van der Waals surface area (Å²) < 4.78 is 0. The Bertz CT molecular complexity index is 589. The van der Waals surface area contributed by atoms with E-state index in [4.69, 9.17) is 5.73 Å². The van der Waals surface area contributed by atoms with Crippen molar-refractivity contribution < 1.29 is 19.2 Å². The minimum Gasteiger partial charge on any atom is -0.369 e. The Balaban J connectivity index is 0.00000961. The van der Waals surface area contributed by atoms with E-state index < -0.39 is 11.3 Å². The third-order valence-corrected chi connectivity index (χ3v) is 5.31. The van der Waals surface area contributed by atoms with Crippen molar-refractivity contribution in [3.63, 3.8) is 0 Å². The van der Waals surface area contributed by atoms with Crippen LogP contribution in [0.1, 0.15) is 20.8 Å². The first kappa shape index (κ1) is 30.8. The molecule has 12 heteroatoms. The Morgan fingerprint density at radius 3 is 1.41 bits per heavy atom. The molecular formula is C20H39N7O4Pb. The van der Waals surface area contributed by atoms with Crippen LogP contribution in [0.5, 0.6) is 0 Å². The van der Waals surface area contributed by atoms with Crippen molar-refractivity contribution in [3.8, 4) is 0 Å². The van der Waals surface area contributed by atoms with Gasteiger partial charge >= 0.3 is 0 Å². The number of nitrogens with zero attached hydrogens (tertiary/aromatic N) is 4. The number of Topliss-reactive ketones (excluding diaryl/α,β-unsaturated/α-hetero) is 1. The van der Waals surface area contributed by atoms with E-state index in [9.17, 15) is 19.2 Å². The minimum absolute atomic E-state index is 0. The number of nitrogens with one attached hydrogen (secondary N) is 2. The van der Waals surface area contributed by atoms with Crippen molar-refractivity contribution in [1.82, 2.24) is 30.2 Å². The molecule has 1 aliphatic rings. The number of amides is 3. The van der Waals surface area contributed by atoms with Crippen molar-refractivity contribution in [2.75, 3.05) is 78.8 Å². The first-order valence-corrected chi connectivity index (χ1v) is 10.7. The van der Waals surface area contributed by atoms with Gasteiger partial charge in [-0.1, -0.05) is 20.8 Å². The van der Waals surface area contributed by atoms with Gasteiger partial charge in [-0.15, -0.1) is 0 Å². The molecule has 0 aromatic carbocycles. The van der Waals surface area contributed by atoms with Crippen LogP contribution in [0.15, 0.2) is 0 Å². The smallest absolute Gasteiger partial charge is 0.231 e. The molecule has 0 aliphatic carbocycles. The van der Waals surface area contributed by atoms with Crippen molar-refractivity contribution in [3.05, 3.63) is 0 Å². The van der Waals surface area contributed by atoms with Crippen LogP contribution in [0.2, 0.25) is 0 Å². The number of hydrogen-bond acceptors (Lipinski definition) is 8. The molecule has 1 fully saturated rings. The summed E-state index contributed by atoms with van der Waals surface area (Å²) in [7, 11) is 0. The average molecular weight is 645 g/mol. The third kappa shape index (κ3) is 13.4. The molecule has 0 saturated carbocycles. The molecule has 4 N–H and O–H groups in total. The summed E-state index contributed by atoms with van der Waals surface area (Å²) in [6.45, 7) is 12.2. The largest absolute Gasteiger partial charge is 0.369 e. The molecule has 0 spiro atoms. The average Bonchev–Trinajstić information content (AvgIpc) is 2.69. The van der Waals surface area contributed by atoms with E-state index in [1.54, 1.807) is 0 Å². The van der Waals surface area contributed by atoms with Gasteiger partial charge in [-0.2, -0.15) is 0 Å². The molecule has 11 nitrogen and oxygen atoms in total. The van der Waals surface area contributed by atoms with Crippen LogP contribution >= 0.6 is 0 Å². The third-order valence-electron chi connectivity index (χ3n) is 5.31. The van der Waals surface area contributed by atoms with Gasteiger partial charge in [0.15, 0.2) is 5.78 Å². The molecule has 0 atom stereocenters. The van der Waals surface area contributed by atoms with Gasteiger partial charge in [-0.3, -0.25) is 38.8 Å². The quantitative estimate of drug-likeness (QED) is 0.174. The van der Waals surface area contributed by atoms with E-state index in [1.807, 2.05) is 25.7 Å². The maximum atomic E-state index is 12.6. The second kappa shape index (κ2) is 16.5. The molecule has 1 heterocycles. The summed E-state index contributed by atoms with van der Waals surface area (Å²) in [6.07, 6.45) is 1.33. The minimum atomic E-state index is -0.429. The monoisotopic (exact) mass is 644 g/mol. The molecule has 32 heavy (non-hydrogen) atoms. The van der Waals surface area contributed by atoms with Crippen LogP contribution in [0, 0.1) is 5.41 Å². The van der Waals surface area contributed by atoms with Crippen molar-refractivity contribution in [2.24, 2.45) is 11.1 Å². The number of ketones is 1. The normalized spacial score (nSPS) is 18.5. The van der Waals surface area contributed by atoms with Crippen LogP contribution in [0.3, 0.4) is 0 Å². The number of hydrogen-bond donors (Lipinski definition) is 3. The summed E-state index contributed by atoms with van der Waals surface area (Å²) in [5.74, 6) is -0.238. The summed E-state index contributed by atoms with van der Waals surface area (Å²) in [5.41, 5.74) is 5.00. The van der Waals surface area contributed by atoms with Gasteiger partial charge in [0, 0.05) is 85.1 Å². The molecule has 1 saturated heterocycles. The van der Waals surface area contributed by atoms with Gasteiger partial charge in [0.25, 0.3) is 0 Å². The van der Waals surface area contributed by atoms with Gasteiger partial charge in [0.1, 0.15) is 0 Å². The number of nitrogens with two attached hydrogens (primary N) is 1. The summed E-state index contributed by atoms with van der Waals surface area (Å²) in [5, 5.41) is 5.39. The predicted octanol–water partition coefficient (Wildman–Crippen LogP) is -2.67. The van der Waals surface area contributed by atoms with E-state index in [1.165, 1.54) is 0 Å². The Kier molecular flexibility index (Phi) is 15.9. The van der Waals surface area contributed by atoms with Crippen LogP contribution in [-0.2, 0) is 19.2 Å². The standard InChI is InChI=1S/C20H39N7O4.Pb/c1-20(2,3)18(30)12-24-4-5-25(13-19(21)31)7-9-27(15-23-17-29)11-10-26(8-6-24)14-22-16-28;/h16-17H,4-15H2,1-3H3,(H2,21,31)(H,22,28)(H,23,29);/i;1-4. The van der Waals surface area contributed by atoms with Gasteiger partial charge in [0.05, 0.1) is 26.4 Å². The van der Waals surface area contributed by atoms with Crippen LogP contribution in [0.4, 0.5) is 0 Å². The molecule has 1 rings (SSSR count). The second-order valence-corrected chi connectivity index (χ2v) is 8.89. The second-order valence-electron chi connectivity index (χ2n) is 8.89. The topological polar surface area (TPSA) is 131 Å². The fraction of sp³-hybridized carbons (Fsp3) is 0.800. The fourth-order valence-corrected chi connectivity index (χ4v) is 3.20. The van der Waals surface area contributed by atoms with E-state index in [0.29, 0.717) is 85.1 Å². The van der Waals surface area contributed by atoms with E-state index in [0.717, 1.165) is 0 Å². The fourth-order valence-electron chi connectivity index (χ4n) is 3.20. The van der Waals surface area contributed by atoms with E-state index in [-0.39, 0.29) is 39.6 Å². The Morgan fingerprint density at radius 1 is 0.750 bits per heavy atom. The molecule has 0 unspecified atom stereocenters. The van der Waals surface area contributed by atoms with E-state index >= 15 is 0 Å². The summed E-state index contributed by atoms with van der Waals surface area (Å²) in [4.78, 5) is 53.9. The van der Waals surface area contributed by atoms with Crippen LogP contribution in [0.25, 0.3) is 0 Å². The van der Waals surface area contributed by atoms with Gasteiger partial charge in [-0.25, -0.2) is 0 Å². The number of carbonyl (C=O) groups is 4. The molecule has 0 aromatic rings. The molecule has 3 amide bonds. The first-order chi connectivity index (χ1) is 14.7. The zero-order valence-electron chi connectivity index (χ0n) is 19.6. The summed E-state index contributed by atoms with van der Waals surface area (Å²) in [6, 6.07) is 0. The Labute approximate surface area is 211 Å². The van der Waals surface area contributed by atoms with Gasteiger partial charge < -0.3 is 16.4 Å². The summed E-state index contributed by atoms with van der Waals surface area (Å²) >= 11 is 0. The number of primary amides is 1. The maximum Gasteiger partial charge on any atom is 0.231 e. The molecule has 182 valence electrons. The van der Waals surface area contributed by atoms with Crippen molar-refractivity contribution in [2.45, 2.75) is 20.8 Å². The zero-order valence-corrected chi connectivity index (χ0v) is 23.5. The molecule has 4 radical (unpaired) electrons. The Hall–Kier alpha value is -1.16. The van der Waals surface area contributed by atoms with Gasteiger partial charge in [-0.05, 0) is 0 Å².